The second-order valence-electron chi connectivity index (χ2n) is 3.80. The Morgan fingerprint density at radius 2 is 2.26 bits per heavy atom. The fourth-order valence-electron chi connectivity index (χ4n) is 1.60. The topological polar surface area (TPSA) is 55.2 Å². The third kappa shape index (κ3) is 3.51. The van der Waals surface area contributed by atoms with Crippen LogP contribution in [-0.4, -0.2) is 11.5 Å². The van der Waals surface area contributed by atoms with Gasteiger partial charge in [0.2, 0.25) is 0 Å². The number of nitro groups is 1. The second-order valence-corrected chi connectivity index (χ2v) is 5.68. The quantitative estimate of drug-likeness (QED) is 0.652. The van der Waals surface area contributed by atoms with Crippen LogP contribution in [0.25, 0.3) is 0 Å². The minimum Gasteiger partial charge on any atom is -0.379 e. The molecule has 0 spiro atoms. The lowest BCUT2D eigenvalue weighted by molar-refractivity contribution is -0.384. The van der Waals surface area contributed by atoms with Crippen molar-refractivity contribution in [1.82, 2.24) is 0 Å². The van der Waals surface area contributed by atoms with Crippen LogP contribution in [0.2, 0.25) is 0 Å². The minimum atomic E-state index is -0.530. The number of hydrogen-bond donors (Lipinski definition) is 1. The number of benzene rings is 1. The number of nitrogens with zero attached hydrogens (tertiary/aromatic N) is 1. The van der Waals surface area contributed by atoms with Gasteiger partial charge in [-0.25, -0.2) is 4.39 Å². The highest BCUT2D eigenvalue weighted by Crippen LogP contribution is 2.30. The molecule has 1 heterocycles. The van der Waals surface area contributed by atoms with E-state index in [-0.39, 0.29) is 15.8 Å². The first kappa shape index (κ1) is 14.0. The number of anilines is 1. The maximum absolute atomic E-state index is 13.4. The SMILES string of the molecule is O=[N+]([O-])c1cc(Br)c(F)cc1NCCc1cccs1. The lowest BCUT2D eigenvalue weighted by Crippen LogP contribution is -2.06. The van der Waals surface area contributed by atoms with E-state index in [4.69, 9.17) is 0 Å². The van der Waals surface area contributed by atoms with Gasteiger partial charge in [-0.05, 0) is 33.8 Å². The highest BCUT2D eigenvalue weighted by atomic mass is 79.9. The molecule has 0 aliphatic carbocycles. The fourth-order valence-corrected chi connectivity index (χ4v) is 2.64. The van der Waals surface area contributed by atoms with E-state index in [0.717, 1.165) is 12.5 Å². The molecule has 0 aliphatic heterocycles. The van der Waals surface area contributed by atoms with Gasteiger partial charge in [0.05, 0.1) is 9.40 Å². The molecule has 0 bridgehead atoms. The van der Waals surface area contributed by atoms with E-state index in [1.807, 2.05) is 17.5 Å². The molecule has 0 atom stereocenters. The van der Waals surface area contributed by atoms with E-state index in [0.29, 0.717) is 6.54 Å². The zero-order chi connectivity index (χ0) is 13.8. The molecule has 19 heavy (non-hydrogen) atoms. The lowest BCUT2D eigenvalue weighted by Gasteiger charge is -2.07. The van der Waals surface area contributed by atoms with Gasteiger partial charge < -0.3 is 5.32 Å². The van der Waals surface area contributed by atoms with Crippen molar-refractivity contribution in [2.24, 2.45) is 0 Å². The molecule has 0 aliphatic rings. The lowest BCUT2D eigenvalue weighted by atomic mass is 10.2. The van der Waals surface area contributed by atoms with Crippen LogP contribution in [0.1, 0.15) is 4.88 Å². The monoisotopic (exact) mass is 344 g/mol. The van der Waals surface area contributed by atoms with Crippen molar-refractivity contribution >= 4 is 38.6 Å². The van der Waals surface area contributed by atoms with E-state index >= 15 is 0 Å². The van der Waals surface area contributed by atoms with Crippen molar-refractivity contribution in [3.8, 4) is 0 Å². The number of hydrogen-bond acceptors (Lipinski definition) is 4. The summed E-state index contributed by atoms with van der Waals surface area (Å²) in [5.41, 5.74) is 0.0571. The van der Waals surface area contributed by atoms with Gasteiger partial charge in [-0.1, -0.05) is 6.07 Å². The first-order valence-electron chi connectivity index (χ1n) is 5.47. The molecule has 1 aromatic carbocycles. The van der Waals surface area contributed by atoms with Gasteiger partial charge in [0.25, 0.3) is 5.69 Å². The van der Waals surface area contributed by atoms with Gasteiger partial charge in [0.1, 0.15) is 11.5 Å². The molecule has 0 fully saturated rings. The normalized spacial score (nSPS) is 10.4. The average molecular weight is 345 g/mol. The average Bonchev–Trinajstić information content (AvgIpc) is 2.86. The smallest absolute Gasteiger partial charge is 0.293 e. The second kappa shape index (κ2) is 6.12. The summed E-state index contributed by atoms with van der Waals surface area (Å²) in [6.07, 6.45) is 0.743. The number of rotatable bonds is 5. The molecule has 1 aromatic heterocycles. The van der Waals surface area contributed by atoms with Crippen LogP contribution in [0.5, 0.6) is 0 Å². The Morgan fingerprint density at radius 1 is 1.47 bits per heavy atom. The summed E-state index contributed by atoms with van der Waals surface area (Å²) >= 11 is 4.56. The molecule has 0 saturated heterocycles. The Hall–Kier alpha value is -1.47. The van der Waals surface area contributed by atoms with Crippen molar-refractivity contribution in [2.75, 3.05) is 11.9 Å². The van der Waals surface area contributed by atoms with Crippen LogP contribution < -0.4 is 5.32 Å². The van der Waals surface area contributed by atoms with Crippen LogP contribution in [0.3, 0.4) is 0 Å². The van der Waals surface area contributed by atoms with E-state index in [1.165, 1.54) is 10.9 Å². The van der Waals surface area contributed by atoms with Gasteiger partial charge >= 0.3 is 0 Å². The van der Waals surface area contributed by atoms with Crippen LogP contribution >= 0.6 is 27.3 Å². The molecule has 0 radical (unpaired) electrons. The Balaban J connectivity index is 2.10. The van der Waals surface area contributed by atoms with Crippen molar-refractivity contribution in [3.05, 3.63) is 54.9 Å². The Labute approximate surface area is 121 Å². The third-order valence-corrected chi connectivity index (χ3v) is 4.05. The molecule has 0 saturated carbocycles. The number of nitrogens with one attached hydrogen (secondary N) is 1. The van der Waals surface area contributed by atoms with E-state index < -0.39 is 10.7 Å². The summed E-state index contributed by atoms with van der Waals surface area (Å²) in [6, 6.07) is 6.24. The summed E-state index contributed by atoms with van der Waals surface area (Å²) in [5.74, 6) is -0.524. The summed E-state index contributed by atoms with van der Waals surface area (Å²) in [4.78, 5) is 11.5. The van der Waals surface area contributed by atoms with Crippen molar-refractivity contribution in [2.45, 2.75) is 6.42 Å². The Kier molecular flexibility index (Phi) is 4.49. The summed E-state index contributed by atoms with van der Waals surface area (Å²) < 4.78 is 13.5. The molecule has 0 amide bonds. The zero-order valence-corrected chi connectivity index (χ0v) is 12.1. The van der Waals surface area contributed by atoms with Gasteiger partial charge in [-0.15, -0.1) is 11.3 Å². The maximum atomic E-state index is 13.4. The molecule has 2 rings (SSSR count). The molecule has 2 aromatic rings. The maximum Gasteiger partial charge on any atom is 0.293 e. The fraction of sp³-hybridized carbons (Fsp3) is 0.167. The van der Waals surface area contributed by atoms with Crippen LogP contribution in [0.15, 0.2) is 34.1 Å². The molecule has 1 N–H and O–H groups in total. The number of nitro benzene ring substituents is 1. The predicted molar refractivity (Wildman–Crippen MR) is 77.3 cm³/mol. The molecule has 0 unspecified atom stereocenters. The van der Waals surface area contributed by atoms with Crippen LogP contribution in [0, 0.1) is 15.9 Å². The first-order chi connectivity index (χ1) is 9.08. The van der Waals surface area contributed by atoms with E-state index in [2.05, 4.69) is 21.2 Å². The minimum absolute atomic E-state index is 0.0861. The van der Waals surface area contributed by atoms with Crippen molar-refractivity contribution in [3.63, 3.8) is 0 Å². The molecule has 100 valence electrons. The summed E-state index contributed by atoms with van der Waals surface area (Å²) in [5, 5.41) is 15.8. The van der Waals surface area contributed by atoms with Gasteiger partial charge in [-0.3, -0.25) is 10.1 Å². The number of thiophene rings is 1. The van der Waals surface area contributed by atoms with Gasteiger partial charge in [0, 0.05) is 23.6 Å². The third-order valence-electron chi connectivity index (χ3n) is 2.50. The van der Waals surface area contributed by atoms with Crippen LogP contribution in [-0.2, 0) is 6.42 Å². The van der Waals surface area contributed by atoms with Gasteiger partial charge in [0.15, 0.2) is 0 Å². The van der Waals surface area contributed by atoms with E-state index in [1.54, 1.807) is 11.3 Å². The summed E-state index contributed by atoms with van der Waals surface area (Å²) in [6.45, 7) is 0.516. The summed E-state index contributed by atoms with van der Waals surface area (Å²) in [7, 11) is 0. The molecular weight excluding hydrogens is 335 g/mol. The standard InChI is InChI=1S/C12H10BrFN2O2S/c13-9-6-12(16(17)18)11(7-10(9)14)15-4-3-8-2-1-5-19-8/h1-2,5-7,15H,3-4H2. The molecular formula is C12H10BrFN2O2S. The van der Waals surface area contributed by atoms with E-state index in [9.17, 15) is 14.5 Å². The highest BCUT2D eigenvalue weighted by molar-refractivity contribution is 9.10. The zero-order valence-electron chi connectivity index (χ0n) is 9.73. The molecule has 7 heteroatoms. The van der Waals surface area contributed by atoms with Crippen LogP contribution in [0.4, 0.5) is 15.8 Å². The highest BCUT2D eigenvalue weighted by Gasteiger charge is 2.17. The van der Waals surface area contributed by atoms with Crippen molar-refractivity contribution in [1.29, 1.82) is 0 Å². The Morgan fingerprint density at radius 3 is 2.89 bits per heavy atom. The molecule has 4 nitrogen and oxygen atoms in total. The van der Waals surface area contributed by atoms with Gasteiger partial charge in [-0.2, -0.15) is 0 Å². The predicted octanol–water partition coefficient (Wildman–Crippen LogP) is 4.21. The number of halogens is 2. The largest absolute Gasteiger partial charge is 0.379 e. The Bertz CT molecular complexity index is 590. The van der Waals surface area contributed by atoms with Crippen molar-refractivity contribution < 1.29 is 9.31 Å². The first-order valence-corrected chi connectivity index (χ1v) is 7.15.